The molecule has 82 valence electrons. The van der Waals surface area contributed by atoms with E-state index in [2.05, 4.69) is 4.98 Å². The molecule has 1 N–H and O–H groups in total. The summed E-state index contributed by atoms with van der Waals surface area (Å²) < 4.78 is 13.3. The molecule has 1 heterocycles. The predicted molar refractivity (Wildman–Crippen MR) is 59.3 cm³/mol. The van der Waals surface area contributed by atoms with E-state index in [1.807, 2.05) is 30.3 Å². The summed E-state index contributed by atoms with van der Waals surface area (Å²) in [5.74, 6) is -0.467. The molecular weight excluding hydrogens is 205 g/mol. The minimum atomic E-state index is -0.899. The van der Waals surface area contributed by atoms with Crippen molar-refractivity contribution in [3.8, 4) is 0 Å². The third kappa shape index (κ3) is 2.44. The molecular formula is C13H12FNO. The van der Waals surface area contributed by atoms with Gasteiger partial charge in [-0.2, -0.15) is 0 Å². The first kappa shape index (κ1) is 10.8. The minimum absolute atomic E-state index is 0.103. The van der Waals surface area contributed by atoms with E-state index in [1.165, 1.54) is 18.3 Å². The van der Waals surface area contributed by atoms with E-state index >= 15 is 0 Å². The van der Waals surface area contributed by atoms with Crippen LogP contribution in [-0.4, -0.2) is 10.1 Å². The summed E-state index contributed by atoms with van der Waals surface area (Å²) in [5.41, 5.74) is 1.06. The van der Waals surface area contributed by atoms with Crippen LogP contribution in [0.3, 0.4) is 0 Å². The van der Waals surface area contributed by atoms with Crippen molar-refractivity contribution >= 4 is 0 Å². The van der Waals surface area contributed by atoms with Crippen molar-refractivity contribution in [1.82, 2.24) is 4.98 Å². The van der Waals surface area contributed by atoms with Crippen LogP contribution in [0.5, 0.6) is 0 Å². The molecule has 3 heteroatoms. The highest BCUT2D eigenvalue weighted by atomic mass is 19.1. The maximum atomic E-state index is 13.3. The fraction of sp³-hybridized carbons (Fsp3) is 0.154. The highest BCUT2D eigenvalue weighted by Crippen LogP contribution is 2.18. The molecule has 0 fully saturated rings. The van der Waals surface area contributed by atoms with Gasteiger partial charge < -0.3 is 5.11 Å². The molecule has 0 saturated carbocycles. The van der Waals surface area contributed by atoms with Gasteiger partial charge >= 0.3 is 0 Å². The van der Waals surface area contributed by atoms with E-state index in [0.29, 0.717) is 6.42 Å². The topological polar surface area (TPSA) is 33.1 Å². The van der Waals surface area contributed by atoms with Crippen molar-refractivity contribution in [2.45, 2.75) is 12.5 Å². The van der Waals surface area contributed by atoms with Gasteiger partial charge in [0.25, 0.3) is 0 Å². The number of rotatable bonds is 3. The monoisotopic (exact) mass is 217 g/mol. The Hall–Kier alpha value is -1.74. The molecule has 0 bridgehead atoms. The molecule has 2 nitrogen and oxygen atoms in total. The Balaban J connectivity index is 2.15. The number of aromatic nitrogens is 1. The van der Waals surface area contributed by atoms with E-state index in [9.17, 15) is 9.50 Å². The first-order chi connectivity index (χ1) is 7.77. The van der Waals surface area contributed by atoms with Crippen LogP contribution in [0, 0.1) is 5.82 Å². The highest BCUT2D eigenvalue weighted by molar-refractivity contribution is 5.18. The van der Waals surface area contributed by atoms with Crippen LogP contribution in [0.25, 0.3) is 0 Å². The van der Waals surface area contributed by atoms with Crippen LogP contribution >= 0.6 is 0 Å². The van der Waals surface area contributed by atoms with E-state index < -0.39 is 11.9 Å². The molecule has 0 amide bonds. The molecule has 2 rings (SSSR count). The van der Waals surface area contributed by atoms with Gasteiger partial charge in [-0.1, -0.05) is 30.3 Å². The van der Waals surface area contributed by atoms with Gasteiger partial charge in [0.1, 0.15) is 17.6 Å². The molecule has 0 aliphatic rings. The summed E-state index contributed by atoms with van der Waals surface area (Å²) in [6, 6.07) is 12.3. The second-order valence-electron chi connectivity index (χ2n) is 3.58. The number of halogens is 1. The molecule has 0 aliphatic carbocycles. The molecule has 1 aromatic carbocycles. The Labute approximate surface area is 93.4 Å². The lowest BCUT2D eigenvalue weighted by Crippen LogP contribution is -2.06. The number of benzene rings is 1. The number of nitrogens with zero attached hydrogens (tertiary/aromatic N) is 1. The van der Waals surface area contributed by atoms with E-state index in [-0.39, 0.29) is 5.69 Å². The van der Waals surface area contributed by atoms with Gasteiger partial charge in [-0.25, -0.2) is 4.39 Å². The van der Waals surface area contributed by atoms with Gasteiger partial charge in [-0.05, 0) is 17.7 Å². The van der Waals surface area contributed by atoms with Gasteiger partial charge in [0.05, 0.1) is 0 Å². The number of hydrogen-bond donors (Lipinski definition) is 1. The third-order valence-electron chi connectivity index (χ3n) is 2.37. The molecule has 1 aromatic heterocycles. The summed E-state index contributed by atoms with van der Waals surface area (Å²) in [4.78, 5) is 3.85. The maximum Gasteiger partial charge on any atom is 0.147 e. The van der Waals surface area contributed by atoms with Gasteiger partial charge in [-0.3, -0.25) is 4.98 Å². The van der Waals surface area contributed by atoms with Crippen LogP contribution in [0.4, 0.5) is 4.39 Å². The second-order valence-corrected chi connectivity index (χ2v) is 3.58. The van der Waals surface area contributed by atoms with Gasteiger partial charge in [0, 0.05) is 12.6 Å². The summed E-state index contributed by atoms with van der Waals surface area (Å²) in [6.45, 7) is 0. The summed E-state index contributed by atoms with van der Waals surface area (Å²) in [7, 11) is 0. The van der Waals surface area contributed by atoms with Crippen molar-refractivity contribution in [2.24, 2.45) is 0 Å². The van der Waals surface area contributed by atoms with E-state index in [1.54, 1.807) is 0 Å². The van der Waals surface area contributed by atoms with Crippen LogP contribution < -0.4 is 0 Å². The number of hydrogen-bond acceptors (Lipinski definition) is 2. The Morgan fingerprint density at radius 1 is 1.12 bits per heavy atom. The van der Waals surface area contributed by atoms with E-state index in [4.69, 9.17) is 0 Å². The summed E-state index contributed by atoms with van der Waals surface area (Å²) >= 11 is 0. The number of pyridine rings is 1. The predicted octanol–water partition coefficient (Wildman–Crippen LogP) is 2.50. The largest absolute Gasteiger partial charge is 0.386 e. The van der Waals surface area contributed by atoms with Gasteiger partial charge in [0.2, 0.25) is 0 Å². The average molecular weight is 217 g/mol. The smallest absolute Gasteiger partial charge is 0.147 e. The molecule has 2 aromatic rings. The Kier molecular flexibility index (Phi) is 3.27. The molecule has 0 spiro atoms. The highest BCUT2D eigenvalue weighted by Gasteiger charge is 2.14. The second kappa shape index (κ2) is 4.86. The van der Waals surface area contributed by atoms with Crippen LogP contribution in [0.1, 0.15) is 17.4 Å². The van der Waals surface area contributed by atoms with Crippen molar-refractivity contribution in [3.63, 3.8) is 0 Å². The normalized spacial score (nSPS) is 12.4. The SMILES string of the molecule is OC(Cc1ccccc1)c1ncccc1F. The Morgan fingerprint density at radius 2 is 1.88 bits per heavy atom. The Bertz CT molecular complexity index is 458. The van der Waals surface area contributed by atoms with Crippen LogP contribution in [-0.2, 0) is 6.42 Å². The first-order valence-corrected chi connectivity index (χ1v) is 5.10. The van der Waals surface area contributed by atoms with Crippen molar-refractivity contribution in [2.75, 3.05) is 0 Å². The molecule has 0 saturated heterocycles. The quantitative estimate of drug-likeness (QED) is 0.856. The lowest BCUT2D eigenvalue weighted by atomic mass is 10.1. The standard InChI is InChI=1S/C13H12FNO/c14-11-7-4-8-15-13(11)12(16)9-10-5-2-1-3-6-10/h1-8,12,16H,9H2. The zero-order valence-electron chi connectivity index (χ0n) is 8.68. The lowest BCUT2D eigenvalue weighted by Gasteiger charge is -2.10. The van der Waals surface area contributed by atoms with Crippen LogP contribution in [0.15, 0.2) is 48.7 Å². The third-order valence-corrected chi connectivity index (χ3v) is 2.37. The number of aliphatic hydroxyl groups is 1. The van der Waals surface area contributed by atoms with Crippen molar-refractivity contribution < 1.29 is 9.50 Å². The molecule has 1 unspecified atom stereocenters. The zero-order valence-corrected chi connectivity index (χ0v) is 8.68. The molecule has 1 atom stereocenters. The summed E-state index contributed by atoms with van der Waals surface area (Å²) in [5, 5.41) is 9.85. The first-order valence-electron chi connectivity index (χ1n) is 5.10. The van der Waals surface area contributed by atoms with Gasteiger partial charge in [0.15, 0.2) is 0 Å². The fourth-order valence-corrected chi connectivity index (χ4v) is 1.58. The minimum Gasteiger partial charge on any atom is -0.386 e. The fourth-order valence-electron chi connectivity index (χ4n) is 1.58. The van der Waals surface area contributed by atoms with E-state index in [0.717, 1.165) is 5.56 Å². The molecule has 16 heavy (non-hydrogen) atoms. The lowest BCUT2D eigenvalue weighted by molar-refractivity contribution is 0.168. The van der Waals surface area contributed by atoms with Gasteiger partial charge in [-0.15, -0.1) is 0 Å². The average Bonchev–Trinajstić information content (AvgIpc) is 2.31. The maximum absolute atomic E-state index is 13.3. The zero-order chi connectivity index (χ0) is 11.4. The van der Waals surface area contributed by atoms with Crippen LogP contribution in [0.2, 0.25) is 0 Å². The Morgan fingerprint density at radius 3 is 2.56 bits per heavy atom. The molecule has 0 aliphatic heterocycles. The summed E-state index contributed by atoms with van der Waals surface area (Å²) in [6.07, 6.45) is 0.949. The number of aliphatic hydroxyl groups excluding tert-OH is 1. The van der Waals surface area contributed by atoms with Crippen molar-refractivity contribution in [1.29, 1.82) is 0 Å². The molecule has 0 radical (unpaired) electrons. The van der Waals surface area contributed by atoms with Crippen molar-refractivity contribution in [3.05, 3.63) is 65.7 Å².